The molecule has 2 aromatic rings. The van der Waals surface area contributed by atoms with Crippen LogP contribution in [0, 0.1) is 0 Å². The number of urea groups is 1. The number of imide groups is 1. The molecule has 1 atom stereocenters. The summed E-state index contributed by atoms with van der Waals surface area (Å²) in [6, 6.07) is 4.85. The lowest BCUT2D eigenvalue weighted by atomic mass is 10.1. The number of fused-ring (bicyclic) bond motifs is 2. The average molecular weight is 346 g/mol. The predicted molar refractivity (Wildman–Crippen MR) is 90.0 cm³/mol. The molecule has 7 nitrogen and oxygen atoms in total. The van der Waals surface area contributed by atoms with E-state index in [2.05, 4.69) is 9.97 Å². The summed E-state index contributed by atoms with van der Waals surface area (Å²) in [4.78, 5) is 38.4. The highest BCUT2D eigenvalue weighted by Crippen LogP contribution is 2.29. The molecule has 0 bridgehead atoms. The maximum atomic E-state index is 12.5. The van der Waals surface area contributed by atoms with Crippen molar-refractivity contribution in [2.45, 2.75) is 13.0 Å². The summed E-state index contributed by atoms with van der Waals surface area (Å²) in [5.74, 6) is 0.639. The average Bonchev–Trinajstić information content (AvgIpc) is 2.84. The fraction of sp³-hybridized carbons (Fsp3) is 0.375. The number of piperazine rings is 1. The molecule has 2 fully saturated rings. The van der Waals surface area contributed by atoms with Gasteiger partial charge in [-0.3, -0.25) is 9.69 Å². The Kier molecular flexibility index (Phi) is 3.53. The first kappa shape index (κ1) is 15.1. The molecular weight excluding hydrogens is 330 g/mol. The van der Waals surface area contributed by atoms with E-state index >= 15 is 0 Å². The lowest BCUT2D eigenvalue weighted by molar-refractivity contribution is -0.128. The van der Waals surface area contributed by atoms with Crippen LogP contribution in [0.3, 0.4) is 0 Å². The third kappa shape index (κ3) is 2.19. The number of benzene rings is 1. The van der Waals surface area contributed by atoms with Gasteiger partial charge in [-0.2, -0.15) is 0 Å². The Balaban J connectivity index is 1.68. The molecule has 0 aliphatic carbocycles. The molecule has 3 heterocycles. The molecule has 1 unspecified atom stereocenters. The molecule has 3 amide bonds. The molecule has 0 N–H and O–H groups in total. The van der Waals surface area contributed by atoms with E-state index in [4.69, 9.17) is 11.6 Å². The molecule has 0 spiro atoms. The van der Waals surface area contributed by atoms with Crippen molar-refractivity contribution < 1.29 is 9.59 Å². The molecule has 8 heteroatoms. The van der Waals surface area contributed by atoms with Crippen LogP contribution in [0.5, 0.6) is 0 Å². The maximum Gasteiger partial charge on any atom is 0.327 e. The van der Waals surface area contributed by atoms with Gasteiger partial charge < -0.3 is 9.80 Å². The fourth-order valence-corrected chi connectivity index (χ4v) is 3.57. The van der Waals surface area contributed by atoms with Gasteiger partial charge in [-0.05, 0) is 25.1 Å². The number of nitrogens with zero attached hydrogens (tertiary/aromatic N) is 5. The first-order valence-electron chi connectivity index (χ1n) is 7.87. The monoisotopic (exact) mass is 345 g/mol. The van der Waals surface area contributed by atoms with E-state index in [0.717, 1.165) is 16.7 Å². The molecule has 24 heavy (non-hydrogen) atoms. The number of hydrogen-bond donors (Lipinski definition) is 0. The molecule has 124 valence electrons. The molecule has 2 aliphatic rings. The molecular formula is C16H16ClN5O2. The van der Waals surface area contributed by atoms with Crippen molar-refractivity contribution in [2.75, 3.05) is 31.1 Å². The third-order valence-corrected chi connectivity index (χ3v) is 4.84. The van der Waals surface area contributed by atoms with Crippen molar-refractivity contribution in [1.29, 1.82) is 0 Å². The van der Waals surface area contributed by atoms with Crippen LogP contribution in [-0.2, 0) is 4.79 Å². The quantitative estimate of drug-likeness (QED) is 0.776. The molecule has 1 aromatic carbocycles. The van der Waals surface area contributed by atoms with Gasteiger partial charge in [0.2, 0.25) is 0 Å². The third-order valence-electron chi connectivity index (χ3n) is 4.60. The zero-order valence-corrected chi connectivity index (χ0v) is 13.9. The number of hydrogen-bond acceptors (Lipinski definition) is 5. The van der Waals surface area contributed by atoms with Gasteiger partial charge in [0.15, 0.2) is 0 Å². The van der Waals surface area contributed by atoms with Gasteiger partial charge in [0.25, 0.3) is 5.91 Å². The minimum Gasteiger partial charge on any atom is -0.352 e. The summed E-state index contributed by atoms with van der Waals surface area (Å²) in [6.45, 7) is 3.79. The first-order chi connectivity index (χ1) is 11.6. The van der Waals surface area contributed by atoms with E-state index in [-0.39, 0.29) is 11.9 Å². The van der Waals surface area contributed by atoms with Gasteiger partial charge in [0.05, 0.1) is 5.52 Å². The summed E-state index contributed by atoms with van der Waals surface area (Å²) in [6.07, 6.45) is 1.50. The van der Waals surface area contributed by atoms with Crippen LogP contribution in [-0.4, -0.2) is 63.9 Å². The highest BCUT2D eigenvalue weighted by atomic mass is 35.5. The van der Waals surface area contributed by atoms with E-state index in [1.807, 2.05) is 17.9 Å². The number of aromatic nitrogens is 2. The van der Waals surface area contributed by atoms with E-state index in [0.29, 0.717) is 31.2 Å². The number of rotatable bonds is 2. The van der Waals surface area contributed by atoms with E-state index in [1.165, 1.54) is 11.2 Å². The summed E-state index contributed by atoms with van der Waals surface area (Å²) in [5.41, 5.74) is 0.763. The Labute approximate surface area is 143 Å². The summed E-state index contributed by atoms with van der Waals surface area (Å²) >= 11 is 6.03. The Morgan fingerprint density at radius 3 is 2.88 bits per heavy atom. The van der Waals surface area contributed by atoms with Crippen LogP contribution in [0.15, 0.2) is 24.5 Å². The van der Waals surface area contributed by atoms with Gasteiger partial charge >= 0.3 is 6.03 Å². The Bertz CT molecular complexity index is 842. The van der Waals surface area contributed by atoms with Gasteiger partial charge in [-0.15, -0.1) is 0 Å². The molecule has 0 radical (unpaired) electrons. The normalized spacial score (nSPS) is 20.9. The van der Waals surface area contributed by atoms with E-state index < -0.39 is 6.04 Å². The summed E-state index contributed by atoms with van der Waals surface area (Å²) < 4.78 is 0. The van der Waals surface area contributed by atoms with Crippen molar-refractivity contribution in [3.63, 3.8) is 0 Å². The van der Waals surface area contributed by atoms with Crippen LogP contribution in [0.25, 0.3) is 10.9 Å². The minimum atomic E-state index is -0.441. The standard InChI is InChI=1S/C16H16ClN5O2/c1-2-21-15(23)13-8-20(5-6-22(13)16(21)24)14-11-4-3-10(17)7-12(11)18-9-19-14/h3-4,7,9,13H,2,5-6,8H2,1H3. The van der Waals surface area contributed by atoms with Gasteiger partial charge in [-0.1, -0.05) is 11.6 Å². The lowest BCUT2D eigenvalue weighted by Crippen LogP contribution is -2.53. The SMILES string of the molecule is CCN1C(=O)C2CN(c3ncnc4cc(Cl)ccc34)CCN2C1=O. The Morgan fingerprint density at radius 2 is 2.08 bits per heavy atom. The molecule has 0 saturated carbocycles. The number of carbonyl (C=O) groups excluding carboxylic acids is 2. The van der Waals surface area contributed by atoms with Crippen molar-refractivity contribution in [3.05, 3.63) is 29.5 Å². The summed E-state index contributed by atoms with van der Waals surface area (Å²) in [5, 5.41) is 1.51. The first-order valence-corrected chi connectivity index (χ1v) is 8.25. The number of anilines is 1. The predicted octanol–water partition coefficient (Wildman–Crippen LogP) is 1.76. The number of amides is 3. The smallest absolute Gasteiger partial charge is 0.327 e. The second-order valence-corrected chi connectivity index (χ2v) is 6.32. The Hall–Kier alpha value is -2.41. The second-order valence-electron chi connectivity index (χ2n) is 5.88. The van der Waals surface area contributed by atoms with Crippen molar-refractivity contribution in [1.82, 2.24) is 19.8 Å². The maximum absolute atomic E-state index is 12.5. The van der Waals surface area contributed by atoms with Gasteiger partial charge in [0.1, 0.15) is 18.2 Å². The number of likely N-dealkylation sites (N-methyl/N-ethyl adjacent to an activating group) is 1. The molecule has 4 rings (SSSR count). The Morgan fingerprint density at radius 1 is 1.25 bits per heavy atom. The number of carbonyl (C=O) groups is 2. The molecule has 1 aromatic heterocycles. The topological polar surface area (TPSA) is 69.6 Å². The van der Waals surface area contributed by atoms with Crippen LogP contribution < -0.4 is 4.90 Å². The van der Waals surface area contributed by atoms with E-state index in [9.17, 15) is 9.59 Å². The minimum absolute atomic E-state index is 0.131. The zero-order valence-electron chi connectivity index (χ0n) is 13.1. The van der Waals surface area contributed by atoms with Crippen molar-refractivity contribution in [3.8, 4) is 0 Å². The highest BCUT2D eigenvalue weighted by molar-refractivity contribution is 6.31. The second kappa shape index (κ2) is 5.59. The van der Waals surface area contributed by atoms with Crippen LogP contribution in [0.2, 0.25) is 5.02 Å². The molecule has 2 aliphatic heterocycles. The fourth-order valence-electron chi connectivity index (χ4n) is 3.40. The zero-order chi connectivity index (χ0) is 16.8. The highest BCUT2D eigenvalue weighted by Gasteiger charge is 2.47. The van der Waals surface area contributed by atoms with Crippen LogP contribution in [0.1, 0.15) is 6.92 Å². The number of halogens is 1. The van der Waals surface area contributed by atoms with Crippen LogP contribution in [0.4, 0.5) is 10.6 Å². The summed E-state index contributed by atoms with van der Waals surface area (Å²) in [7, 11) is 0. The lowest BCUT2D eigenvalue weighted by Gasteiger charge is -2.36. The van der Waals surface area contributed by atoms with Crippen molar-refractivity contribution in [2.24, 2.45) is 0 Å². The van der Waals surface area contributed by atoms with Gasteiger partial charge in [-0.25, -0.2) is 14.8 Å². The van der Waals surface area contributed by atoms with Gasteiger partial charge in [0, 0.05) is 36.6 Å². The largest absolute Gasteiger partial charge is 0.352 e. The van der Waals surface area contributed by atoms with E-state index in [1.54, 1.807) is 17.0 Å². The molecule has 2 saturated heterocycles. The van der Waals surface area contributed by atoms with Crippen LogP contribution >= 0.6 is 11.6 Å². The van der Waals surface area contributed by atoms with Crippen molar-refractivity contribution >= 4 is 40.3 Å².